The zero-order valence-electron chi connectivity index (χ0n) is 7.02. The molecule has 0 aliphatic heterocycles. The van der Waals surface area contributed by atoms with Gasteiger partial charge in [0.2, 0.25) is 0 Å². The molecule has 0 fully saturated rings. The van der Waals surface area contributed by atoms with Crippen LogP contribution in [0.15, 0.2) is 16.6 Å². The number of benzene rings is 1. The quantitative estimate of drug-likeness (QED) is 0.810. The summed E-state index contributed by atoms with van der Waals surface area (Å²) in [6, 6.07) is 2.80. The second kappa shape index (κ2) is 4.40. The molecule has 0 aliphatic rings. The number of halogens is 3. The highest BCUT2D eigenvalue weighted by Gasteiger charge is 2.16. The Morgan fingerprint density at radius 1 is 1.62 bits per heavy atom. The summed E-state index contributed by atoms with van der Waals surface area (Å²) in [5.74, 6) is -0.470. The van der Waals surface area contributed by atoms with Crippen molar-refractivity contribution in [3.8, 4) is 0 Å². The van der Waals surface area contributed by atoms with Gasteiger partial charge in [-0.2, -0.15) is 0 Å². The number of rotatable bonds is 2. The number of hydrogen-bond donors (Lipinski definition) is 1. The summed E-state index contributed by atoms with van der Waals surface area (Å²) in [6.07, 6.45) is -0.405. The van der Waals surface area contributed by atoms with E-state index in [0.717, 1.165) is 0 Å². The number of hydrogen-bond acceptors (Lipinski definition) is 1. The van der Waals surface area contributed by atoms with E-state index >= 15 is 0 Å². The van der Waals surface area contributed by atoms with Gasteiger partial charge in [-0.15, -0.1) is 0 Å². The summed E-state index contributed by atoms with van der Waals surface area (Å²) < 4.78 is 13.8. The Kier molecular flexibility index (Phi) is 3.71. The largest absolute Gasteiger partial charge is 0.388 e. The highest BCUT2D eigenvalue weighted by Crippen LogP contribution is 2.33. The second-order valence-electron chi connectivity index (χ2n) is 2.68. The lowest BCUT2D eigenvalue weighted by molar-refractivity contribution is 0.169. The van der Waals surface area contributed by atoms with Crippen molar-refractivity contribution < 1.29 is 9.50 Å². The minimum atomic E-state index is -0.843. The Balaban J connectivity index is 3.25. The average molecular weight is 268 g/mol. The fraction of sp³-hybridized carbons (Fsp3) is 0.333. The van der Waals surface area contributed by atoms with Crippen molar-refractivity contribution in [1.29, 1.82) is 0 Å². The lowest BCUT2D eigenvalue weighted by atomic mass is 10.1. The second-order valence-corrected chi connectivity index (χ2v) is 3.91. The summed E-state index contributed by atoms with van der Waals surface area (Å²) in [7, 11) is 0. The van der Waals surface area contributed by atoms with E-state index in [2.05, 4.69) is 15.9 Å². The summed E-state index contributed by atoms with van der Waals surface area (Å²) >= 11 is 8.99. The maximum Gasteiger partial charge on any atom is 0.130 e. The van der Waals surface area contributed by atoms with E-state index in [1.807, 2.05) is 0 Å². The molecule has 0 saturated carbocycles. The fourth-order valence-corrected chi connectivity index (χ4v) is 1.68. The first-order valence-electron chi connectivity index (χ1n) is 3.89. The first-order chi connectivity index (χ1) is 6.07. The highest BCUT2D eigenvalue weighted by molar-refractivity contribution is 9.10. The van der Waals surface area contributed by atoms with Crippen LogP contribution >= 0.6 is 27.5 Å². The van der Waals surface area contributed by atoms with E-state index in [9.17, 15) is 9.50 Å². The van der Waals surface area contributed by atoms with Gasteiger partial charge in [-0.25, -0.2) is 4.39 Å². The van der Waals surface area contributed by atoms with Crippen LogP contribution < -0.4 is 0 Å². The lowest BCUT2D eigenvalue weighted by Crippen LogP contribution is -2.00. The molecule has 0 bridgehead atoms. The Hall–Kier alpha value is -0.120. The van der Waals surface area contributed by atoms with Crippen LogP contribution in [0, 0.1) is 5.82 Å². The summed E-state index contributed by atoms with van der Waals surface area (Å²) in [5.41, 5.74) is 0.165. The van der Waals surface area contributed by atoms with Crippen LogP contribution in [0.2, 0.25) is 5.02 Å². The van der Waals surface area contributed by atoms with E-state index < -0.39 is 11.9 Å². The normalized spacial score (nSPS) is 13.0. The van der Waals surface area contributed by atoms with Crippen LogP contribution in [-0.4, -0.2) is 5.11 Å². The van der Waals surface area contributed by atoms with Crippen molar-refractivity contribution in [2.24, 2.45) is 0 Å². The predicted molar refractivity (Wildman–Crippen MR) is 54.4 cm³/mol. The molecule has 0 aliphatic carbocycles. The SMILES string of the molecule is CCC(O)c1c(F)ccc(Br)c1Cl. The molecule has 13 heavy (non-hydrogen) atoms. The van der Waals surface area contributed by atoms with Crippen molar-refractivity contribution in [2.45, 2.75) is 19.4 Å². The molecule has 1 unspecified atom stereocenters. The van der Waals surface area contributed by atoms with Gasteiger partial charge in [0, 0.05) is 10.0 Å². The summed E-state index contributed by atoms with van der Waals surface area (Å²) in [4.78, 5) is 0. The number of aliphatic hydroxyl groups is 1. The van der Waals surface area contributed by atoms with Crippen molar-refractivity contribution in [3.05, 3.63) is 33.0 Å². The fourth-order valence-electron chi connectivity index (χ4n) is 1.05. The van der Waals surface area contributed by atoms with Gasteiger partial charge < -0.3 is 5.11 Å². The van der Waals surface area contributed by atoms with Gasteiger partial charge in [-0.05, 0) is 34.5 Å². The Morgan fingerprint density at radius 3 is 2.77 bits per heavy atom. The number of aliphatic hydroxyl groups excluding tert-OH is 1. The highest BCUT2D eigenvalue weighted by atomic mass is 79.9. The van der Waals surface area contributed by atoms with Gasteiger partial charge in [0.1, 0.15) is 5.82 Å². The van der Waals surface area contributed by atoms with E-state index in [4.69, 9.17) is 11.6 Å². The molecule has 4 heteroatoms. The van der Waals surface area contributed by atoms with Gasteiger partial charge in [0.05, 0.1) is 11.1 Å². The minimum Gasteiger partial charge on any atom is -0.388 e. The van der Waals surface area contributed by atoms with Crippen molar-refractivity contribution in [3.63, 3.8) is 0 Å². The molecule has 0 saturated heterocycles. The topological polar surface area (TPSA) is 20.2 Å². The van der Waals surface area contributed by atoms with Crippen LogP contribution in [0.3, 0.4) is 0 Å². The Labute approximate surface area is 89.7 Å². The Morgan fingerprint density at radius 2 is 2.23 bits per heavy atom. The third kappa shape index (κ3) is 2.22. The molecule has 1 atom stereocenters. The molecule has 1 rings (SSSR count). The summed E-state index contributed by atoms with van der Waals surface area (Å²) in [6.45, 7) is 1.77. The predicted octanol–water partition coefficient (Wildman–Crippen LogP) is 3.69. The molecular formula is C9H9BrClFO. The van der Waals surface area contributed by atoms with E-state index in [1.165, 1.54) is 12.1 Å². The zero-order chi connectivity index (χ0) is 10.0. The first kappa shape index (κ1) is 11.0. The molecule has 0 spiro atoms. The van der Waals surface area contributed by atoms with Gasteiger partial charge in [-0.1, -0.05) is 18.5 Å². The molecule has 1 aromatic carbocycles. The van der Waals surface area contributed by atoms with Gasteiger partial charge >= 0.3 is 0 Å². The first-order valence-corrected chi connectivity index (χ1v) is 5.06. The molecule has 1 N–H and O–H groups in total. The molecule has 0 amide bonds. The van der Waals surface area contributed by atoms with Crippen LogP contribution in [0.25, 0.3) is 0 Å². The molecular weight excluding hydrogens is 258 g/mol. The molecule has 1 aromatic rings. The molecule has 0 aromatic heterocycles. The lowest BCUT2D eigenvalue weighted by Gasteiger charge is -2.12. The Bertz CT molecular complexity index is 317. The van der Waals surface area contributed by atoms with Gasteiger partial charge in [0.15, 0.2) is 0 Å². The van der Waals surface area contributed by atoms with Crippen molar-refractivity contribution in [2.75, 3.05) is 0 Å². The van der Waals surface area contributed by atoms with Crippen molar-refractivity contribution >= 4 is 27.5 Å². The standard InChI is InChI=1S/C9H9BrClFO/c1-2-7(13)8-6(12)4-3-5(10)9(8)11/h3-4,7,13H,2H2,1H3. The van der Waals surface area contributed by atoms with Crippen LogP contribution in [0.4, 0.5) is 4.39 Å². The smallest absolute Gasteiger partial charge is 0.130 e. The average Bonchev–Trinajstić information content (AvgIpc) is 2.12. The maximum atomic E-state index is 13.2. The maximum absolute atomic E-state index is 13.2. The third-order valence-electron chi connectivity index (χ3n) is 1.80. The monoisotopic (exact) mass is 266 g/mol. The third-order valence-corrected chi connectivity index (χ3v) is 3.10. The van der Waals surface area contributed by atoms with Gasteiger partial charge in [-0.3, -0.25) is 0 Å². The molecule has 72 valence electrons. The molecule has 0 radical (unpaired) electrons. The summed E-state index contributed by atoms with van der Waals surface area (Å²) in [5, 5.41) is 9.71. The van der Waals surface area contributed by atoms with Crippen LogP contribution in [0.5, 0.6) is 0 Å². The van der Waals surface area contributed by atoms with Crippen LogP contribution in [-0.2, 0) is 0 Å². The van der Waals surface area contributed by atoms with Gasteiger partial charge in [0.25, 0.3) is 0 Å². The van der Waals surface area contributed by atoms with E-state index in [1.54, 1.807) is 6.92 Å². The van der Waals surface area contributed by atoms with E-state index in [0.29, 0.717) is 10.9 Å². The van der Waals surface area contributed by atoms with Crippen molar-refractivity contribution in [1.82, 2.24) is 0 Å². The van der Waals surface area contributed by atoms with Crippen LogP contribution in [0.1, 0.15) is 25.0 Å². The molecule has 1 nitrogen and oxygen atoms in total. The minimum absolute atomic E-state index is 0.165. The van der Waals surface area contributed by atoms with E-state index in [-0.39, 0.29) is 10.6 Å². The zero-order valence-corrected chi connectivity index (χ0v) is 9.36. The molecule has 0 heterocycles.